The van der Waals surface area contributed by atoms with Crippen molar-refractivity contribution in [1.82, 2.24) is 0 Å². The Balaban J connectivity index is 4.17. The van der Waals surface area contributed by atoms with Crippen molar-refractivity contribution in [2.45, 2.75) is 199 Å². The first-order valence-electron chi connectivity index (χ1n) is 21.4. The molecular weight excluding hydrogens is 654 g/mol. The summed E-state index contributed by atoms with van der Waals surface area (Å²) in [7, 11) is 5.50. The van der Waals surface area contributed by atoms with Gasteiger partial charge in [0, 0.05) is 19.3 Å². The summed E-state index contributed by atoms with van der Waals surface area (Å²) in [5.41, 5.74) is 0. The summed E-state index contributed by atoms with van der Waals surface area (Å²) in [5.74, 6) is -1.55. The molecule has 0 amide bonds. The van der Waals surface area contributed by atoms with Crippen LogP contribution in [0.4, 0.5) is 0 Å². The molecule has 0 rings (SSSR count). The first kappa shape index (κ1) is 49.8. The van der Waals surface area contributed by atoms with Crippen molar-refractivity contribution in [2.75, 3.05) is 41.0 Å². The number of likely N-dealkylation sites (N-methyl/N-ethyl adjacent to an activating group) is 1. The number of carbonyl (C=O) groups is 3. The Morgan fingerprint density at radius 2 is 1.08 bits per heavy atom. The molecule has 2 unspecified atom stereocenters. The molecule has 0 saturated carbocycles. The highest BCUT2D eigenvalue weighted by atomic mass is 16.6. The second-order valence-corrected chi connectivity index (χ2v) is 15.6. The maximum Gasteiger partial charge on any atom is 0.362 e. The lowest BCUT2D eigenvalue weighted by molar-refractivity contribution is -0.887. The number of carboxylic acids is 1. The van der Waals surface area contributed by atoms with Gasteiger partial charge in [0.15, 0.2) is 12.1 Å². The predicted octanol–water partition coefficient (Wildman–Crippen LogP) is 11.3. The number of ether oxygens (including phenoxy) is 3. The van der Waals surface area contributed by atoms with Gasteiger partial charge in [0.25, 0.3) is 0 Å². The van der Waals surface area contributed by atoms with Crippen LogP contribution in [-0.2, 0) is 28.6 Å². The lowest BCUT2D eigenvalue weighted by atomic mass is 10.0. The molecule has 0 heterocycles. The van der Waals surface area contributed by atoms with E-state index in [4.69, 9.17) is 14.2 Å². The van der Waals surface area contributed by atoms with Gasteiger partial charge in [-0.2, -0.15) is 0 Å². The Labute approximate surface area is 320 Å². The van der Waals surface area contributed by atoms with Crippen molar-refractivity contribution >= 4 is 17.9 Å². The Morgan fingerprint density at radius 3 is 1.54 bits per heavy atom. The molecule has 0 aromatic rings. The molecule has 0 fully saturated rings. The van der Waals surface area contributed by atoms with E-state index < -0.39 is 18.1 Å². The maximum absolute atomic E-state index is 12.7. The second kappa shape index (κ2) is 35.8. The highest BCUT2D eigenvalue weighted by molar-refractivity contribution is 5.72. The van der Waals surface area contributed by atoms with Crippen LogP contribution in [0.15, 0.2) is 24.3 Å². The third kappa shape index (κ3) is 33.6. The number of nitrogens with zero attached hydrogens (tertiary/aromatic N) is 1. The molecule has 0 bridgehead atoms. The number of rotatable bonds is 38. The average Bonchev–Trinajstić information content (AvgIpc) is 3.09. The zero-order valence-electron chi connectivity index (χ0n) is 34.5. The molecule has 0 aliphatic rings. The lowest BCUT2D eigenvalue weighted by Crippen LogP contribution is -2.50. The molecule has 1 N–H and O–H groups in total. The van der Waals surface area contributed by atoms with Crippen molar-refractivity contribution in [1.29, 1.82) is 0 Å². The molecular formula is C44H82NO7+. The van der Waals surface area contributed by atoms with Crippen LogP contribution < -0.4 is 0 Å². The van der Waals surface area contributed by atoms with Crippen molar-refractivity contribution in [3.63, 3.8) is 0 Å². The SMILES string of the molecule is CC/C=C/C/C=C/CCC(=O)OCC(COCCC(C(=O)O)[N+](C)(C)C)OC(=O)CCCCCCCCCCCCCCCCCCCCCCC. The van der Waals surface area contributed by atoms with Gasteiger partial charge in [-0.3, -0.25) is 9.59 Å². The van der Waals surface area contributed by atoms with Crippen LogP contribution in [0.2, 0.25) is 0 Å². The predicted molar refractivity (Wildman–Crippen MR) is 215 cm³/mol. The summed E-state index contributed by atoms with van der Waals surface area (Å²) in [6.45, 7) is 4.54. The normalized spacial score (nSPS) is 13.2. The topological polar surface area (TPSA) is 99.1 Å². The molecule has 0 spiro atoms. The summed E-state index contributed by atoms with van der Waals surface area (Å²) in [4.78, 5) is 36.7. The molecule has 0 aromatic heterocycles. The molecule has 2 atom stereocenters. The number of hydrogen-bond donors (Lipinski definition) is 1. The van der Waals surface area contributed by atoms with Crippen LogP contribution in [0.5, 0.6) is 0 Å². The number of unbranched alkanes of at least 4 members (excludes halogenated alkanes) is 20. The summed E-state index contributed by atoms with van der Waals surface area (Å²) < 4.78 is 17.1. The number of carbonyl (C=O) groups excluding carboxylic acids is 2. The van der Waals surface area contributed by atoms with E-state index in [1.807, 2.05) is 33.3 Å². The van der Waals surface area contributed by atoms with Crippen molar-refractivity contribution in [2.24, 2.45) is 0 Å². The number of hydrogen-bond acceptors (Lipinski definition) is 6. The molecule has 52 heavy (non-hydrogen) atoms. The van der Waals surface area contributed by atoms with E-state index in [1.165, 1.54) is 116 Å². The molecule has 0 aliphatic heterocycles. The summed E-state index contributed by atoms with van der Waals surface area (Å²) in [6, 6.07) is -0.617. The van der Waals surface area contributed by atoms with E-state index in [-0.39, 0.29) is 42.7 Å². The van der Waals surface area contributed by atoms with Gasteiger partial charge in [-0.1, -0.05) is 167 Å². The molecule has 0 saturated heterocycles. The van der Waals surface area contributed by atoms with Crippen molar-refractivity contribution in [3.05, 3.63) is 24.3 Å². The van der Waals surface area contributed by atoms with Gasteiger partial charge in [-0.15, -0.1) is 0 Å². The Morgan fingerprint density at radius 1 is 0.596 bits per heavy atom. The van der Waals surface area contributed by atoms with Crippen LogP contribution in [0.25, 0.3) is 0 Å². The third-order valence-electron chi connectivity index (χ3n) is 9.63. The van der Waals surface area contributed by atoms with Crippen LogP contribution >= 0.6 is 0 Å². The minimum Gasteiger partial charge on any atom is -0.477 e. The van der Waals surface area contributed by atoms with E-state index in [1.54, 1.807) is 0 Å². The van der Waals surface area contributed by atoms with Crippen LogP contribution in [0, 0.1) is 0 Å². The van der Waals surface area contributed by atoms with E-state index in [0.29, 0.717) is 19.3 Å². The second-order valence-electron chi connectivity index (χ2n) is 15.6. The summed E-state index contributed by atoms with van der Waals surface area (Å²) in [6.07, 6.45) is 38.4. The van der Waals surface area contributed by atoms with Gasteiger partial charge in [0.1, 0.15) is 6.61 Å². The maximum atomic E-state index is 12.7. The Bertz CT molecular complexity index is 911. The summed E-state index contributed by atoms with van der Waals surface area (Å²) in [5, 5.41) is 9.58. The Hall–Kier alpha value is -2.19. The van der Waals surface area contributed by atoms with Gasteiger partial charge in [-0.05, 0) is 25.7 Å². The van der Waals surface area contributed by atoms with Crippen molar-refractivity contribution < 1.29 is 38.2 Å². The lowest BCUT2D eigenvalue weighted by Gasteiger charge is -2.31. The van der Waals surface area contributed by atoms with E-state index in [9.17, 15) is 19.5 Å². The standard InChI is InChI=1S/C44H81NO7/c1-6-8-10-12-14-15-16-17-18-19-20-21-22-23-24-25-26-27-29-31-33-35-43(47)52-40(38-50-37-36-41(44(48)49)45(3,4)5)39-51-42(46)34-32-30-28-13-11-9-7-2/h9,11,28,30,40-41H,6-8,10,12-27,29,31-39H2,1-5H3/p+1/b11-9+,30-28+. The number of carboxylic acid groups (broad SMARTS) is 1. The third-order valence-corrected chi connectivity index (χ3v) is 9.63. The van der Waals surface area contributed by atoms with Crippen LogP contribution in [0.1, 0.15) is 187 Å². The number of aliphatic carboxylic acids is 1. The monoisotopic (exact) mass is 737 g/mol. The van der Waals surface area contributed by atoms with Gasteiger partial charge in [0.05, 0.1) is 34.4 Å². The van der Waals surface area contributed by atoms with Gasteiger partial charge >= 0.3 is 17.9 Å². The van der Waals surface area contributed by atoms with Gasteiger partial charge in [-0.25, -0.2) is 4.79 Å². The quantitative estimate of drug-likeness (QED) is 0.0291. The first-order valence-corrected chi connectivity index (χ1v) is 21.4. The first-order chi connectivity index (χ1) is 25.1. The van der Waals surface area contributed by atoms with Gasteiger partial charge in [0.2, 0.25) is 0 Å². The summed E-state index contributed by atoms with van der Waals surface area (Å²) >= 11 is 0. The minimum atomic E-state index is -0.881. The molecule has 8 nitrogen and oxygen atoms in total. The smallest absolute Gasteiger partial charge is 0.362 e. The van der Waals surface area contributed by atoms with Gasteiger partial charge < -0.3 is 23.8 Å². The number of quaternary nitrogens is 1. The highest BCUT2D eigenvalue weighted by Crippen LogP contribution is 2.16. The molecule has 0 aromatic carbocycles. The zero-order valence-corrected chi connectivity index (χ0v) is 34.5. The molecule has 8 heteroatoms. The molecule has 0 aliphatic carbocycles. The molecule has 304 valence electrons. The molecule has 0 radical (unpaired) electrons. The highest BCUT2D eigenvalue weighted by Gasteiger charge is 2.31. The fourth-order valence-electron chi connectivity index (χ4n) is 6.33. The zero-order chi connectivity index (χ0) is 38.5. The van der Waals surface area contributed by atoms with Crippen LogP contribution in [0.3, 0.4) is 0 Å². The minimum absolute atomic E-state index is 0.0471. The van der Waals surface area contributed by atoms with E-state index >= 15 is 0 Å². The Kier molecular flexibility index (Phi) is 34.3. The largest absolute Gasteiger partial charge is 0.477 e. The van der Waals surface area contributed by atoms with E-state index in [0.717, 1.165) is 32.1 Å². The van der Waals surface area contributed by atoms with Crippen molar-refractivity contribution in [3.8, 4) is 0 Å². The fraction of sp³-hybridized carbons (Fsp3) is 0.841. The fourth-order valence-corrected chi connectivity index (χ4v) is 6.33. The van der Waals surface area contributed by atoms with Crippen LogP contribution in [-0.4, -0.2) is 80.6 Å². The number of allylic oxidation sites excluding steroid dienone is 4. The number of esters is 2. The average molecular weight is 737 g/mol. The van der Waals surface area contributed by atoms with E-state index in [2.05, 4.69) is 26.0 Å².